The minimum atomic E-state index is -0.964. The van der Waals surface area contributed by atoms with E-state index in [9.17, 15) is 13.2 Å². The van der Waals surface area contributed by atoms with Gasteiger partial charge in [-0.15, -0.1) is 0 Å². The third-order valence-electron chi connectivity index (χ3n) is 5.97. The Balaban J connectivity index is 1.36. The zero-order valence-corrected chi connectivity index (χ0v) is 20.7. The van der Waals surface area contributed by atoms with Crippen LogP contribution in [0.15, 0.2) is 91.0 Å². The van der Waals surface area contributed by atoms with Crippen LogP contribution in [-0.2, 0) is 6.61 Å². The first-order valence-corrected chi connectivity index (χ1v) is 12.3. The van der Waals surface area contributed by atoms with Crippen LogP contribution in [0.5, 0.6) is 11.5 Å². The third kappa shape index (κ3) is 6.82. The van der Waals surface area contributed by atoms with E-state index in [0.717, 1.165) is 40.8 Å². The van der Waals surface area contributed by atoms with Crippen LogP contribution in [0, 0.1) is 11.6 Å². The summed E-state index contributed by atoms with van der Waals surface area (Å²) in [5.74, 6) is -1.21. The Kier molecular flexibility index (Phi) is 9.03. The minimum Gasteiger partial charge on any atom is -0.490 e. The topological polar surface area (TPSA) is 18.5 Å². The first-order valence-electron chi connectivity index (χ1n) is 12.3. The summed E-state index contributed by atoms with van der Waals surface area (Å²) in [4.78, 5) is 0. The van der Waals surface area contributed by atoms with Crippen LogP contribution >= 0.6 is 0 Å². The Labute approximate surface area is 216 Å². The second-order valence-electron chi connectivity index (χ2n) is 8.63. The minimum absolute atomic E-state index is 0.0616. The standard InChI is InChI=1S/C32H29F3O2/c1-2-3-21-36-30-19-18-29(31(34)32(30)35)27-12-8-24(9-13-27)22-37-28-16-14-26(15-17-28)25-10-6-23(7-11-25)5-4-20-33/h4-19H,2-3,20-22H2,1H3. The first-order chi connectivity index (χ1) is 18.1. The quantitative estimate of drug-likeness (QED) is 0.191. The molecule has 4 aromatic rings. The zero-order valence-electron chi connectivity index (χ0n) is 20.7. The molecule has 0 aliphatic carbocycles. The average Bonchev–Trinajstić information content (AvgIpc) is 2.94. The van der Waals surface area contributed by atoms with E-state index in [0.29, 0.717) is 18.8 Å². The van der Waals surface area contributed by atoms with Crippen molar-refractivity contribution in [3.63, 3.8) is 0 Å². The number of halogens is 3. The molecule has 0 aromatic heterocycles. The fourth-order valence-electron chi connectivity index (χ4n) is 3.85. The van der Waals surface area contributed by atoms with E-state index in [2.05, 4.69) is 0 Å². The summed E-state index contributed by atoms with van der Waals surface area (Å²) in [6, 6.07) is 25.9. The van der Waals surface area contributed by atoms with Crippen LogP contribution < -0.4 is 9.47 Å². The maximum atomic E-state index is 14.7. The molecule has 0 aliphatic heterocycles. The summed E-state index contributed by atoms with van der Waals surface area (Å²) in [6.07, 6.45) is 4.93. The lowest BCUT2D eigenvalue weighted by Crippen LogP contribution is -2.01. The normalized spacial score (nSPS) is 11.1. The van der Waals surface area contributed by atoms with Crippen LogP contribution in [0.1, 0.15) is 30.9 Å². The van der Waals surface area contributed by atoms with Crippen LogP contribution in [0.2, 0.25) is 0 Å². The maximum Gasteiger partial charge on any atom is 0.201 e. The molecule has 0 saturated heterocycles. The lowest BCUT2D eigenvalue weighted by Gasteiger charge is -2.11. The molecule has 4 aromatic carbocycles. The van der Waals surface area contributed by atoms with Gasteiger partial charge in [0.15, 0.2) is 11.6 Å². The van der Waals surface area contributed by atoms with Gasteiger partial charge in [0.05, 0.1) is 6.61 Å². The summed E-state index contributed by atoms with van der Waals surface area (Å²) < 4.78 is 52.6. The van der Waals surface area contributed by atoms with Gasteiger partial charge in [0, 0.05) is 5.56 Å². The molecule has 0 N–H and O–H groups in total. The van der Waals surface area contributed by atoms with Gasteiger partial charge in [-0.05, 0) is 58.5 Å². The van der Waals surface area contributed by atoms with Crippen LogP contribution in [0.4, 0.5) is 13.2 Å². The molecule has 0 saturated carbocycles. The molecular weight excluding hydrogens is 473 g/mol. The molecule has 0 bridgehead atoms. The molecule has 0 amide bonds. The van der Waals surface area contributed by atoms with Gasteiger partial charge < -0.3 is 9.47 Å². The van der Waals surface area contributed by atoms with Crippen molar-refractivity contribution in [3.05, 3.63) is 114 Å². The van der Waals surface area contributed by atoms with Crippen LogP contribution in [0.3, 0.4) is 0 Å². The van der Waals surface area contributed by atoms with Gasteiger partial charge in [-0.2, -0.15) is 4.39 Å². The second-order valence-corrected chi connectivity index (χ2v) is 8.63. The van der Waals surface area contributed by atoms with E-state index in [1.165, 1.54) is 12.1 Å². The first kappa shape index (κ1) is 26.1. The molecular formula is C32H29F3O2. The predicted molar refractivity (Wildman–Crippen MR) is 143 cm³/mol. The molecule has 2 nitrogen and oxygen atoms in total. The molecule has 190 valence electrons. The van der Waals surface area contributed by atoms with Crippen molar-refractivity contribution in [2.24, 2.45) is 0 Å². The highest BCUT2D eigenvalue weighted by molar-refractivity contribution is 5.67. The Morgan fingerprint density at radius 1 is 0.703 bits per heavy atom. The molecule has 0 spiro atoms. The molecule has 0 fully saturated rings. The number of allylic oxidation sites excluding steroid dienone is 1. The molecule has 0 aliphatic rings. The number of unbranched alkanes of at least 4 members (excludes halogenated alkanes) is 1. The number of hydrogen-bond donors (Lipinski definition) is 0. The highest BCUT2D eigenvalue weighted by atomic mass is 19.2. The monoisotopic (exact) mass is 502 g/mol. The number of rotatable bonds is 11. The van der Waals surface area contributed by atoms with Crippen molar-refractivity contribution in [2.45, 2.75) is 26.4 Å². The van der Waals surface area contributed by atoms with E-state index < -0.39 is 18.3 Å². The summed E-state index contributed by atoms with van der Waals surface area (Å²) in [7, 11) is 0. The van der Waals surface area contributed by atoms with Crippen LogP contribution in [-0.4, -0.2) is 13.3 Å². The highest BCUT2D eigenvalue weighted by Crippen LogP contribution is 2.30. The molecule has 0 heterocycles. The molecule has 0 radical (unpaired) electrons. The second kappa shape index (κ2) is 12.8. The number of alkyl halides is 1. The fraction of sp³-hybridized carbons (Fsp3) is 0.188. The zero-order chi connectivity index (χ0) is 26.0. The number of hydrogen-bond acceptors (Lipinski definition) is 2. The van der Waals surface area contributed by atoms with Crippen molar-refractivity contribution < 1.29 is 22.6 Å². The highest BCUT2D eigenvalue weighted by Gasteiger charge is 2.16. The van der Waals surface area contributed by atoms with Gasteiger partial charge >= 0.3 is 0 Å². The van der Waals surface area contributed by atoms with Crippen molar-refractivity contribution in [2.75, 3.05) is 13.3 Å². The van der Waals surface area contributed by atoms with Crippen molar-refractivity contribution in [1.29, 1.82) is 0 Å². The van der Waals surface area contributed by atoms with E-state index in [1.807, 2.05) is 67.6 Å². The number of benzene rings is 4. The Hall–Kier alpha value is -3.99. The van der Waals surface area contributed by atoms with Gasteiger partial charge in [0.1, 0.15) is 19.0 Å². The maximum absolute atomic E-state index is 14.7. The smallest absolute Gasteiger partial charge is 0.201 e. The van der Waals surface area contributed by atoms with Gasteiger partial charge in [-0.1, -0.05) is 86.2 Å². The summed E-state index contributed by atoms with van der Waals surface area (Å²) >= 11 is 0. The van der Waals surface area contributed by atoms with Crippen molar-refractivity contribution in [1.82, 2.24) is 0 Å². The van der Waals surface area contributed by atoms with Gasteiger partial charge in [-0.25, -0.2) is 8.78 Å². The third-order valence-corrected chi connectivity index (χ3v) is 5.97. The Bertz CT molecular complexity index is 1310. The number of ether oxygens (including phenoxy) is 2. The van der Waals surface area contributed by atoms with Crippen LogP contribution in [0.25, 0.3) is 28.3 Å². The van der Waals surface area contributed by atoms with Gasteiger partial charge in [-0.3, -0.25) is 0 Å². The predicted octanol–water partition coefficient (Wildman–Crippen LogP) is 9.04. The SMILES string of the molecule is CCCCOc1ccc(-c2ccc(COc3ccc(-c4ccc(C=CCF)cc4)cc3)cc2)c(F)c1F. The lowest BCUT2D eigenvalue weighted by molar-refractivity contribution is 0.289. The van der Waals surface area contributed by atoms with Gasteiger partial charge in [0.2, 0.25) is 5.82 Å². The lowest BCUT2D eigenvalue weighted by atomic mass is 10.0. The summed E-state index contributed by atoms with van der Waals surface area (Å²) in [6.45, 7) is 2.23. The Morgan fingerprint density at radius 2 is 1.35 bits per heavy atom. The van der Waals surface area contributed by atoms with E-state index >= 15 is 0 Å². The van der Waals surface area contributed by atoms with Crippen molar-refractivity contribution in [3.8, 4) is 33.8 Å². The van der Waals surface area contributed by atoms with Crippen molar-refractivity contribution >= 4 is 6.08 Å². The molecule has 4 rings (SSSR count). The molecule has 5 heteroatoms. The fourth-order valence-corrected chi connectivity index (χ4v) is 3.85. The Morgan fingerprint density at radius 3 is 2.00 bits per heavy atom. The van der Waals surface area contributed by atoms with E-state index in [4.69, 9.17) is 9.47 Å². The molecule has 0 atom stereocenters. The summed E-state index contributed by atoms with van der Waals surface area (Å²) in [5, 5.41) is 0. The average molecular weight is 503 g/mol. The summed E-state index contributed by atoms with van der Waals surface area (Å²) in [5.41, 5.74) is 4.74. The van der Waals surface area contributed by atoms with E-state index in [1.54, 1.807) is 24.3 Å². The van der Waals surface area contributed by atoms with Gasteiger partial charge in [0.25, 0.3) is 0 Å². The van der Waals surface area contributed by atoms with E-state index in [-0.39, 0.29) is 11.3 Å². The molecule has 0 unspecified atom stereocenters. The largest absolute Gasteiger partial charge is 0.490 e. The molecule has 37 heavy (non-hydrogen) atoms.